The molecule has 7 heteroatoms. The number of carbonyl (C=O) groups is 2. The van der Waals surface area contributed by atoms with Crippen molar-refractivity contribution >= 4 is 23.0 Å². The van der Waals surface area contributed by atoms with Gasteiger partial charge in [0.15, 0.2) is 5.58 Å². The van der Waals surface area contributed by atoms with E-state index >= 15 is 0 Å². The van der Waals surface area contributed by atoms with Crippen LogP contribution in [0, 0.1) is 0 Å². The monoisotopic (exact) mass is 361 g/mol. The molecular formula is C19H23NO6. The van der Waals surface area contributed by atoms with E-state index in [1.807, 2.05) is 6.92 Å². The van der Waals surface area contributed by atoms with Crippen molar-refractivity contribution in [2.75, 3.05) is 7.11 Å². The Hall–Kier alpha value is -2.57. The van der Waals surface area contributed by atoms with Gasteiger partial charge in [0.1, 0.15) is 12.1 Å². The van der Waals surface area contributed by atoms with Crippen molar-refractivity contribution < 1.29 is 23.5 Å². The Labute approximate surface area is 150 Å². The van der Waals surface area contributed by atoms with Gasteiger partial charge in [0.2, 0.25) is 0 Å². The number of nitrogens with zero attached hydrogens (tertiary/aromatic N) is 1. The Morgan fingerprint density at radius 2 is 2.00 bits per heavy atom. The summed E-state index contributed by atoms with van der Waals surface area (Å²) in [5.41, 5.74) is 0.968. The molecule has 0 saturated heterocycles. The van der Waals surface area contributed by atoms with Crippen LogP contribution in [0.25, 0.3) is 11.1 Å². The van der Waals surface area contributed by atoms with Gasteiger partial charge in [-0.25, -0.2) is 14.4 Å². The van der Waals surface area contributed by atoms with Gasteiger partial charge < -0.3 is 13.9 Å². The molecule has 26 heavy (non-hydrogen) atoms. The average Bonchev–Trinajstić information content (AvgIpc) is 2.98. The maximum absolute atomic E-state index is 12.7. The first kappa shape index (κ1) is 18.2. The summed E-state index contributed by atoms with van der Waals surface area (Å²) in [4.78, 5) is 36.7. The molecule has 7 nitrogen and oxygen atoms in total. The summed E-state index contributed by atoms with van der Waals surface area (Å²) in [6, 6.07) is 3.81. The smallest absolute Gasteiger partial charge is 0.420 e. The molecule has 0 spiro atoms. The standard InChI is InChI=1S/C19H23NO6/c1-3-14(18(22)25-13-7-5-4-6-8-13)20-15-10-9-12(17(21)24-2)11-16(15)26-19(20)23/h9-11,13-14H,3-8H2,1-2H3. The number of fused-ring (bicyclic) bond motifs is 1. The van der Waals surface area contributed by atoms with Crippen LogP contribution in [0.4, 0.5) is 0 Å². The van der Waals surface area contributed by atoms with Crippen molar-refractivity contribution in [3.05, 3.63) is 34.3 Å². The second kappa shape index (κ2) is 7.76. The number of carbonyl (C=O) groups excluding carboxylic acids is 2. The number of hydrogen-bond acceptors (Lipinski definition) is 6. The lowest BCUT2D eigenvalue weighted by molar-refractivity contribution is -0.154. The van der Waals surface area contributed by atoms with E-state index in [2.05, 4.69) is 4.74 Å². The third kappa shape index (κ3) is 3.52. The highest BCUT2D eigenvalue weighted by atomic mass is 16.5. The molecule has 0 bridgehead atoms. The molecular weight excluding hydrogens is 338 g/mol. The summed E-state index contributed by atoms with van der Waals surface area (Å²) in [6.07, 6.45) is 5.33. The van der Waals surface area contributed by atoms with Gasteiger partial charge in [0.25, 0.3) is 0 Å². The van der Waals surface area contributed by atoms with Crippen LogP contribution in [-0.2, 0) is 14.3 Å². The number of rotatable bonds is 5. The van der Waals surface area contributed by atoms with Gasteiger partial charge >= 0.3 is 17.7 Å². The summed E-state index contributed by atoms with van der Waals surface area (Å²) in [5.74, 6) is -1.58. The molecule has 1 aromatic carbocycles. The van der Waals surface area contributed by atoms with Gasteiger partial charge in [-0.1, -0.05) is 13.3 Å². The first-order chi connectivity index (χ1) is 12.5. The second-order valence-corrected chi connectivity index (χ2v) is 6.53. The molecule has 0 radical (unpaired) electrons. The molecule has 1 aliphatic carbocycles. The Kier molecular flexibility index (Phi) is 5.44. The van der Waals surface area contributed by atoms with Crippen LogP contribution in [-0.4, -0.2) is 29.7 Å². The van der Waals surface area contributed by atoms with Crippen molar-refractivity contribution in [2.24, 2.45) is 0 Å². The van der Waals surface area contributed by atoms with Crippen molar-refractivity contribution in [3.63, 3.8) is 0 Å². The molecule has 1 saturated carbocycles. The topological polar surface area (TPSA) is 87.7 Å². The first-order valence-electron chi connectivity index (χ1n) is 8.99. The van der Waals surface area contributed by atoms with Crippen LogP contribution < -0.4 is 5.76 Å². The molecule has 0 aliphatic heterocycles. The third-order valence-corrected chi connectivity index (χ3v) is 4.84. The van der Waals surface area contributed by atoms with E-state index in [0.717, 1.165) is 25.7 Å². The van der Waals surface area contributed by atoms with Crippen LogP contribution in [0.3, 0.4) is 0 Å². The van der Waals surface area contributed by atoms with Gasteiger partial charge in [0, 0.05) is 0 Å². The lowest BCUT2D eigenvalue weighted by Crippen LogP contribution is -2.31. The maximum atomic E-state index is 12.7. The van der Waals surface area contributed by atoms with E-state index in [4.69, 9.17) is 9.15 Å². The number of methoxy groups -OCH3 is 1. The van der Waals surface area contributed by atoms with Gasteiger partial charge in [-0.3, -0.25) is 4.57 Å². The molecule has 0 N–H and O–H groups in total. The number of benzene rings is 1. The quantitative estimate of drug-likeness (QED) is 0.760. The van der Waals surface area contributed by atoms with Crippen molar-refractivity contribution in [1.82, 2.24) is 4.57 Å². The number of ether oxygens (including phenoxy) is 2. The predicted molar refractivity (Wildman–Crippen MR) is 94.1 cm³/mol. The molecule has 3 rings (SSSR count). The fourth-order valence-electron chi connectivity index (χ4n) is 3.46. The zero-order valence-electron chi connectivity index (χ0n) is 15.0. The van der Waals surface area contributed by atoms with E-state index in [1.54, 1.807) is 12.1 Å². The Balaban J connectivity index is 1.91. The average molecular weight is 361 g/mol. The fourth-order valence-corrected chi connectivity index (χ4v) is 3.46. The molecule has 1 aliphatic rings. The zero-order chi connectivity index (χ0) is 18.7. The highest BCUT2D eigenvalue weighted by Crippen LogP contribution is 2.25. The van der Waals surface area contributed by atoms with Crippen LogP contribution in [0.5, 0.6) is 0 Å². The SMILES string of the molecule is CCC(C(=O)OC1CCCCC1)n1c(=O)oc2cc(C(=O)OC)ccc21. The number of aromatic nitrogens is 1. The van der Waals surface area contributed by atoms with Gasteiger partial charge in [-0.05, 0) is 50.3 Å². The van der Waals surface area contributed by atoms with Crippen LogP contribution in [0.15, 0.2) is 27.4 Å². The van der Waals surface area contributed by atoms with E-state index in [-0.39, 0.29) is 17.3 Å². The summed E-state index contributed by atoms with van der Waals surface area (Å²) in [6.45, 7) is 1.82. The number of oxazole rings is 1. The minimum Gasteiger partial charge on any atom is -0.465 e. The van der Waals surface area contributed by atoms with Gasteiger partial charge in [-0.2, -0.15) is 0 Å². The fraction of sp³-hybridized carbons (Fsp3) is 0.526. The summed E-state index contributed by atoms with van der Waals surface area (Å²) in [7, 11) is 1.28. The van der Waals surface area contributed by atoms with Crippen molar-refractivity contribution in [3.8, 4) is 0 Å². The van der Waals surface area contributed by atoms with E-state index < -0.39 is 23.7 Å². The highest BCUT2D eigenvalue weighted by Gasteiger charge is 2.28. The molecule has 1 aromatic heterocycles. The minimum absolute atomic E-state index is 0.0786. The second-order valence-electron chi connectivity index (χ2n) is 6.53. The van der Waals surface area contributed by atoms with Gasteiger partial charge in [-0.15, -0.1) is 0 Å². The molecule has 1 atom stereocenters. The first-order valence-corrected chi connectivity index (χ1v) is 8.99. The molecule has 2 aromatic rings. The Bertz CT molecular complexity index is 859. The van der Waals surface area contributed by atoms with Crippen LogP contribution >= 0.6 is 0 Å². The highest BCUT2D eigenvalue weighted by molar-refractivity contribution is 5.93. The zero-order valence-corrected chi connectivity index (χ0v) is 15.0. The lowest BCUT2D eigenvalue weighted by atomic mass is 9.98. The maximum Gasteiger partial charge on any atom is 0.420 e. The molecule has 0 amide bonds. The Morgan fingerprint density at radius 3 is 2.65 bits per heavy atom. The third-order valence-electron chi connectivity index (χ3n) is 4.84. The molecule has 1 fully saturated rings. The van der Waals surface area contributed by atoms with Gasteiger partial charge in [0.05, 0.1) is 18.2 Å². The van der Waals surface area contributed by atoms with Crippen molar-refractivity contribution in [1.29, 1.82) is 0 Å². The summed E-state index contributed by atoms with van der Waals surface area (Å²) >= 11 is 0. The van der Waals surface area contributed by atoms with E-state index in [9.17, 15) is 14.4 Å². The molecule has 140 valence electrons. The number of esters is 2. The largest absolute Gasteiger partial charge is 0.465 e. The molecule has 1 unspecified atom stereocenters. The summed E-state index contributed by atoms with van der Waals surface area (Å²) in [5, 5.41) is 0. The normalized spacial score (nSPS) is 16.4. The molecule has 1 heterocycles. The van der Waals surface area contributed by atoms with Crippen LogP contribution in [0.1, 0.15) is 61.8 Å². The predicted octanol–water partition coefficient (Wildman–Crippen LogP) is 3.21. The van der Waals surface area contributed by atoms with Crippen molar-refractivity contribution in [2.45, 2.75) is 57.6 Å². The number of hydrogen-bond donors (Lipinski definition) is 0. The minimum atomic E-state index is -0.755. The summed E-state index contributed by atoms with van der Waals surface area (Å²) < 4.78 is 16.9. The van der Waals surface area contributed by atoms with E-state index in [1.165, 1.54) is 24.2 Å². The lowest BCUT2D eigenvalue weighted by Gasteiger charge is -2.24. The Morgan fingerprint density at radius 1 is 1.27 bits per heavy atom. The van der Waals surface area contributed by atoms with Crippen LogP contribution in [0.2, 0.25) is 0 Å². The van der Waals surface area contributed by atoms with E-state index in [0.29, 0.717) is 11.9 Å².